The summed E-state index contributed by atoms with van der Waals surface area (Å²) in [5.41, 5.74) is 0.598. The van der Waals surface area contributed by atoms with E-state index in [1.54, 1.807) is 6.07 Å². The Bertz CT molecular complexity index is 703. The lowest BCUT2D eigenvalue weighted by Crippen LogP contribution is -3.17. The van der Waals surface area contributed by atoms with E-state index in [1.165, 1.54) is 0 Å². The number of nitrogens with one attached hydrogen (secondary N) is 2. The van der Waals surface area contributed by atoms with E-state index in [0.29, 0.717) is 5.56 Å². The third-order valence-corrected chi connectivity index (χ3v) is 4.95. The van der Waals surface area contributed by atoms with Crippen molar-refractivity contribution in [3.8, 4) is 0 Å². The number of rotatable bonds is 3. The largest absolute Gasteiger partial charge is 0.312 e. The summed E-state index contributed by atoms with van der Waals surface area (Å²) in [6.45, 7) is 1.79. The molecule has 0 bridgehead atoms. The van der Waals surface area contributed by atoms with Crippen molar-refractivity contribution in [2.45, 2.75) is 22.8 Å². The molecule has 1 aliphatic heterocycles. The maximum atomic E-state index is 12.8. The third kappa shape index (κ3) is 3.74. The van der Waals surface area contributed by atoms with Gasteiger partial charge in [-0.1, -0.05) is 71.2 Å². The zero-order valence-corrected chi connectivity index (χ0v) is 14.8. The maximum Gasteiger partial charge on any atom is 0.262 e. The number of carbonyl (C=O) groups excluding carboxylic acids is 1. The fourth-order valence-electron chi connectivity index (χ4n) is 3.17. The molecule has 1 atom stereocenters. The Balaban J connectivity index is 1.89. The second-order valence-corrected chi connectivity index (χ2v) is 8.21. The number of hydrogen-bond donors (Lipinski definition) is 2. The third-order valence-electron chi connectivity index (χ3n) is 4.29. The number of quaternary nitrogens is 1. The van der Waals surface area contributed by atoms with Crippen LogP contribution in [0.4, 0.5) is 0 Å². The highest BCUT2D eigenvalue weighted by atomic mass is 35.6. The number of benzene rings is 2. The van der Waals surface area contributed by atoms with Crippen LogP contribution in [0.15, 0.2) is 42.5 Å². The summed E-state index contributed by atoms with van der Waals surface area (Å²) in [5, 5.41) is 4.84. The first-order valence-corrected chi connectivity index (χ1v) is 8.80. The van der Waals surface area contributed by atoms with Gasteiger partial charge in [0.1, 0.15) is 0 Å². The minimum absolute atomic E-state index is 0.211. The molecule has 2 aromatic rings. The van der Waals surface area contributed by atoms with Gasteiger partial charge in [0.05, 0.1) is 13.1 Å². The Morgan fingerprint density at radius 1 is 1.04 bits per heavy atom. The van der Waals surface area contributed by atoms with Gasteiger partial charge in [-0.2, -0.15) is 0 Å². The van der Waals surface area contributed by atoms with E-state index in [0.717, 1.165) is 41.6 Å². The van der Waals surface area contributed by atoms with E-state index in [1.807, 2.05) is 36.4 Å². The SMILES string of the molecule is O=C(NC([NH+]1CCCC1)C(Cl)(Cl)Cl)c1cccc2ccccc12. The number of likely N-dealkylation sites (tertiary alicyclic amines) is 1. The highest BCUT2D eigenvalue weighted by molar-refractivity contribution is 6.68. The molecule has 0 aromatic heterocycles. The van der Waals surface area contributed by atoms with Crippen molar-refractivity contribution < 1.29 is 9.69 Å². The van der Waals surface area contributed by atoms with Crippen LogP contribution in [0.1, 0.15) is 23.2 Å². The minimum Gasteiger partial charge on any atom is -0.312 e. The fourth-order valence-corrected chi connectivity index (χ4v) is 3.79. The van der Waals surface area contributed by atoms with Crippen LogP contribution in [0, 0.1) is 0 Å². The summed E-state index contributed by atoms with van der Waals surface area (Å²) in [4.78, 5) is 13.9. The lowest BCUT2D eigenvalue weighted by atomic mass is 10.0. The van der Waals surface area contributed by atoms with Crippen LogP contribution < -0.4 is 10.2 Å². The van der Waals surface area contributed by atoms with Gasteiger partial charge in [-0.25, -0.2) is 0 Å². The van der Waals surface area contributed by atoms with Crippen molar-refractivity contribution in [2.24, 2.45) is 0 Å². The number of hydrogen-bond acceptors (Lipinski definition) is 1. The topological polar surface area (TPSA) is 33.5 Å². The molecule has 122 valence electrons. The van der Waals surface area contributed by atoms with Crippen molar-refractivity contribution in [1.29, 1.82) is 0 Å². The Labute approximate surface area is 150 Å². The molecule has 1 aliphatic rings. The molecule has 2 N–H and O–H groups in total. The van der Waals surface area contributed by atoms with E-state index in [-0.39, 0.29) is 5.91 Å². The Morgan fingerprint density at radius 2 is 1.70 bits per heavy atom. The summed E-state index contributed by atoms with van der Waals surface area (Å²) >= 11 is 18.4. The molecule has 2 aromatic carbocycles. The van der Waals surface area contributed by atoms with E-state index < -0.39 is 9.96 Å². The van der Waals surface area contributed by atoms with Crippen molar-refractivity contribution in [3.63, 3.8) is 0 Å². The molecule has 0 spiro atoms. The molecule has 0 aliphatic carbocycles. The van der Waals surface area contributed by atoms with E-state index in [2.05, 4.69) is 5.32 Å². The van der Waals surface area contributed by atoms with Crippen molar-refractivity contribution in [1.82, 2.24) is 5.32 Å². The zero-order chi connectivity index (χ0) is 16.4. The summed E-state index contributed by atoms with van der Waals surface area (Å²) in [6.07, 6.45) is 1.61. The number of amides is 1. The summed E-state index contributed by atoms with van der Waals surface area (Å²) in [7, 11) is 0. The smallest absolute Gasteiger partial charge is 0.262 e. The second kappa shape index (κ2) is 6.86. The summed E-state index contributed by atoms with van der Waals surface area (Å²) in [5.74, 6) is -0.211. The molecule has 6 heteroatoms. The Morgan fingerprint density at radius 3 is 2.39 bits per heavy atom. The molecular formula is C17H18Cl3N2O+. The average Bonchev–Trinajstić information content (AvgIpc) is 3.04. The van der Waals surface area contributed by atoms with Crippen molar-refractivity contribution in [3.05, 3.63) is 48.0 Å². The molecule has 23 heavy (non-hydrogen) atoms. The quantitative estimate of drug-likeness (QED) is 0.798. The molecule has 1 saturated heterocycles. The van der Waals surface area contributed by atoms with Gasteiger partial charge in [0.25, 0.3) is 9.70 Å². The number of halogens is 3. The van der Waals surface area contributed by atoms with Gasteiger partial charge in [-0.15, -0.1) is 0 Å². The molecule has 1 unspecified atom stereocenters. The molecule has 3 nitrogen and oxygen atoms in total. The predicted octanol–water partition coefficient (Wildman–Crippen LogP) is 2.94. The molecule has 3 rings (SSSR count). The van der Waals surface area contributed by atoms with Crippen LogP contribution in [-0.2, 0) is 0 Å². The fraction of sp³-hybridized carbons (Fsp3) is 0.353. The summed E-state index contributed by atoms with van der Waals surface area (Å²) in [6, 6.07) is 13.4. The van der Waals surface area contributed by atoms with Crippen LogP contribution in [0.2, 0.25) is 0 Å². The number of carbonyl (C=O) groups is 1. The van der Waals surface area contributed by atoms with Gasteiger partial charge >= 0.3 is 0 Å². The van der Waals surface area contributed by atoms with Crippen LogP contribution in [0.25, 0.3) is 10.8 Å². The standard InChI is InChI=1S/C17H17Cl3N2O/c18-17(19,20)16(22-10-3-4-11-22)21-15(23)14-9-5-7-12-6-1-2-8-13(12)14/h1-2,5-9,16H,3-4,10-11H2,(H,21,23)/p+1. The maximum absolute atomic E-state index is 12.8. The van der Waals surface area contributed by atoms with Crippen molar-refractivity contribution >= 4 is 51.5 Å². The molecule has 1 heterocycles. The first-order chi connectivity index (χ1) is 11.0. The van der Waals surface area contributed by atoms with Crippen LogP contribution in [0.3, 0.4) is 0 Å². The number of fused-ring (bicyclic) bond motifs is 1. The van der Waals surface area contributed by atoms with Gasteiger partial charge in [-0.05, 0) is 16.8 Å². The highest BCUT2D eigenvalue weighted by Crippen LogP contribution is 2.28. The van der Waals surface area contributed by atoms with Crippen LogP contribution in [0.5, 0.6) is 0 Å². The Hall–Kier alpha value is -1.00. The monoisotopic (exact) mass is 371 g/mol. The van der Waals surface area contributed by atoms with Crippen LogP contribution in [-0.4, -0.2) is 29.0 Å². The number of alkyl halides is 3. The molecule has 1 fully saturated rings. The minimum atomic E-state index is -1.54. The second-order valence-electron chi connectivity index (χ2n) is 5.84. The van der Waals surface area contributed by atoms with Gasteiger partial charge in [0.15, 0.2) is 0 Å². The predicted molar refractivity (Wildman–Crippen MR) is 95.4 cm³/mol. The summed E-state index contributed by atoms with van der Waals surface area (Å²) < 4.78 is -1.54. The van der Waals surface area contributed by atoms with Crippen molar-refractivity contribution in [2.75, 3.05) is 13.1 Å². The van der Waals surface area contributed by atoms with E-state index >= 15 is 0 Å². The van der Waals surface area contributed by atoms with Gasteiger partial charge in [-0.3, -0.25) is 10.1 Å². The normalized spacial score (nSPS) is 17.3. The first-order valence-electron chi connectivity index (χ1n) is 7.67. The molecule has 1 amide bonds. The first kappa shape index (κ1) is 16.8. The molecule has 0 saturated carbocycles. The van der Waals surface area contributed by atoms with E-state index in [4.69, 9.17) is 34.8 Å². The Kier molecular flexibility index (Phi) is 5.02. The van der Waals surface area contributed by atoms with Gasteiger partial charge in [0, 0.05) is 18.4 Å². The zero-order valence-electron chi connectivity index (χ0n) is 12.5. The van der Waals surface area contributed by atoms with Gasteiger partial charge < -0.3 is 4.90 Å². The lowest BCUT2D eigenvalue weighted by molar-refractivity contribution is -0.915. The van der Waals surface area contributed by atoms with E-state index in [9.17, 15) is 4.79 Å². The molecular weight excluding hydrogens is 355 g/mol. The lowest BCUT2D eigenvalue weighted by Gasteiger charge is -2.30. The van der Waals surface area contributed by atoms with Gasteiger partial charge in [0.2, 0.25) is 6.17 Å². The average molecular weight is 373 g/mol. The molecule has 0 radical (unpaired) electrons. The highest BCUT2D eigenvalue weighted by Gasteiger charge is 2.43. The van der Waals surface area contributed by atoms with Crippen LogP contribution >= 0.6 is 34.8 Å².